The standard InChI is InChI=1S/C19H32O2/c1-8-18(20-7)21-16-11-9-15(10-12-16)17(13-14(2)3)19(4,5)6/h9-12,14,17-18H,8,13H2,1-7H3. The summed E-state index contributed by atoms with van der Waals surface area (Å²) in [6.45, 7) is 13.6. The molecule has 1 aromatic rings. The molecule has 1 rings (SSSR count). The molecular formula is C19H32O2. The molecular weight excluding hydrogens is 260 g/mol. The fourth-order valence-electron chi connectivity index (χ4n) is 2.69. The van der Waals surface area contributed by atoms with Gasteiger partial charge in [-0.1, -0.05) is 53.7 Å². The van der Waals surface area contributed by atoms with Gasteiger partial charge in [0.2, 0.25) is 0 Å². The van der Waals surface area contributed by atoms with Gasteiger partial charge in [0.05, 0.1) is 0 Å². The molecule has 0 N–H and O–H groups in total. The lowest BCUT2D eigenvalue weighted by molar-refractivity contribution is -0.0548. The average Bonchev–Trinajstić information content (AvgIpc) is 2.41. The van der Waals surface area contributed by atoms with Gasteiger partial charge in [-0.3, -0.25) is 0 Å². The van der Waals surface area contributed by atoms with E-state index in [0.717, 1.165) is 12.2 Å². The summed E-state index contributed by atoms with van der Waals surface area (Å²) in [5, 5.41) is 0. The minimum absolute atomic E-state index is 0.162. The van der Waals surface area contributed by atoms with Crippen LogP contribution in [0.15, 0.2) is 24.3 Å². The third-order valence-corrected chi connectivity index (χ3v) is 3.90. The highest BCUT2D eigenvalue weighted by Crippen LogP contribution is 2.40. The molecule has 2 unspecified atom stereocenters. The molecule has 0 amide bonds. The van der Waals surface area contributed by atoms with Crippen LogP contribution in [0.1, 0.15) is 65.9 Å². The first-order valence-electron chi connectivity index (χ1n) is 8.07. The van der Waals surface area contributed by atoms with Crippen molar-refractivity contribution in [3.63, 3.8) is 0 Å². The van der Waals surface area contributed by atoms with E-state index in [1.807, 2.05) is 0 Å². The predicted octanol–water partition coefficient (Wildman–Crippen LogP) is 5.62. The molecule has 0 aromatic heterocycles. The Hall–Kier alpha value is -1.02. The number of hydrogen-bond acceptors (Lipinski definition) is 2. The van der Waals surface area contributed by atoms with Crippen molar-refractivity contribution in [3.8, 4) is 5.75 Å². The smallest absolute Gasteiger partial charge is 0.199 e. The van der Waals surface area contributed by atoms with E-state index in [4.69, 9.17) is 9.47 Å². The quantitative estimate of drug-likeness (QED) is 0.607. The lowest BCUT2D eigenvalue weighted by atomic mass is 9.72. The monoisotopic (exact) mass is 292 g/mol. The van der Waals surface area contributed by atoms with E-state index in [2.05, 4.69) is 65.8 Å². The van der Waals surface area contributed by atoms with Gasteiger partial charge in [0, 0.05) is 13.5 Å². The van der Waals surface area contributed by atoms with Crippen molar-refractivity contribution in [1.29, 1.82) is 0 Å². The lowest BCUT2D eigenvalue weighted by Crippen LogP contribution is -2.20. The maximum absolute atomic E-state index is 5.79. The number of methoxy groups -OCH3 is 1. The van der Waals surface area contributed by atoms with Gasteiger partial charge in [-0.25, -0.2) is 0 Å². The Labute approximate surface area is 130 Å². The molecule has 0 fully saturated rings. The van der Waals surface area contributed by atoms with Crippen molar-refractivity contribution in [1.82, 2.24) is 0 Å². The molecule has 0 aliphatic heterocycles. The summed E-state index contributed by atoms with van der Waals surface area (Å²) in [5.74, 6) is 2.14. The second-order valence-electron chi connectivity index (χ2n) is 7.31. The fourth-order valence-corrected chi connectivity index (χ4v) is 2.69. The number of ether oxygens (including phenoxy) is 2. The minimum atomic E-state index is -0.162. The van der Waals surface area contributed by atoms with E-state index in [0.29, 0.717) is 11.8 Å². The van der Waals surface area contributed by atoms with E-state index >= 15 is 0 Å². The van der Waals surface area contributed by atoms with Crippen molar-refractivity contribution in [3.05, 3.63) is 29.8 Å². The van der Waals surface area contributed by atoms with Crippen molar-refractivity contribution in [2.24, 2.45) is 11.3 Å². The number of benzene rings is 1. The van der Waals surface area contributed by atoms with E-state index in [9.17, 15) is 0 Å². The summed E-state index contributed by atoms with van der Waals surface area (Å²) in [7, 11) is 1.68. The van der Waals surface area contributed by atoms with Crippen LogP contribution in [-0.2, 0) is 4.74 Å². The Morgan fingerprint density at radius 3 is 2.00 bits per heavy atom. The van der Waals surface area contributed by atoms with Gasteiger partial charge in [0.15, 0.2) is 6.29 Å². The Morgan fingerprint density at radius 2 is 1.62 bits per heavy atom. The molecule has 0 aliphatic rings. The molecule has 0 saturated carbocycles. The molecule has 0 radical (unpaired) electrons. The first kappa shape index (κ1) is 18.0. The fraction of sp³-hybridized carbons (Fsp3) is 0.684. The van der Waals surface area contributed by atoms with Crippen molar-refractivity contribution >= 4 is 0 Å². The van der Waals surface area contributed by atoms with E-state index in [-0.39, 0.29) is 11.7 Å². The van der Waals surface area contributed by atoms with Crippen LogP contribution in [-0.4, -0.2) is 13.4 Å². The zero-order valence-corrected chi connectivity index (χ0v) is 14.8. The van der Waals surface area contributed by atoms with Crippen LogP contribution in [0.4, 0.5) is 0 Å². The second kappa shape index (κ2) is 7.84. The molecule has 0 aliphatic carbocycles. The molecule has 0 spiro atoms. The van der Waals surface area contributed by atoms with Crippen LogP contribution in [0.5, 0.6) is 5.75 Å². The van der Waals surface area contributed by atoms with Crippen molar-refractivity contribution < 1.29 is 9.47 Å². The minimum Gasteiger partial charge on any atom is -0.465 e. The van der Waals surface area contributed by atoms with Gasteiger partial charge in [-0.05, 0) is 41.4 Å². The lowest BCUT2D eigenvalue weighted by Gasteiger charge is -2.32. The third-order valence-electron chi connectivity index (χ3n) is 3.90. The van der Waals surface area contributed by atoms with Crippen molar-refractivity contribution in [2.45, 2.75) is 66.6 Å². The topological polar surface area (TPSA) is 18.5 Å². The highest BCUT2D eigenvalue weighted by atomic mass is 16.7. The SMILES string of the molecule is CCC(OC)Oc1ccc(C(CC(C)C)C(C)(C)C)cc1. The van der Waals surface area contributed by atoms with Gasteiger partial charge >= 0.3 is 0 Å². The molecule has 120 valence electrons. The van der Waals surface area contributed by atoms with Crippen LogP contribution in [0, 0.1) is 11.3 Å². The van der Waals surface area contributed by atoms with Crippen LogP contribution >= 0.6 is 0 Å². The first-order chi connectivity index (χ1) is 9.77. The maximum atomic E-state index is 5.79. The molecule has 0 bridgehead atoms. The first-order valence-corrected chi connectivity index (χ1v) is 8.07. The molecule has 2 heteroatoms. The van der Waals surface area contributed by atoms with Gasteiger partial charge < -0.3 is 9.47 Å². The molecule has 1 aromatic carbocycles. The van der Waals surface area contributed by atoms with E-state index in [1.165, 1.54) is 12.0 Å². The highest BCUT2D eigenvalue weighted by molar-refractivity contribution is 5.30. The van der Waals surface area contributed by atoms with Gasteiger partial charge in [-0.2, -0.15) is 0 Å². The number of hydrogen-bond donors (Lipinski definition) is 0. The van der Waals surface area contributed by atoms with E-state index in [1.54, 1.807) is 7.11 Å². The molecule has 21 heavy (non-hydrogen) atoms. The maximum Gasteiger partial charge on any atom is 0.199 e. The average molecular weight is 292 g/mol. The Kier molecular flexibility index (Phi) is 6.73. The molecule has 2 nitrogen and oxygen atoms in total. The van der Waals surface area contributed by atoms with Gasteiger partial charge in [0.1, 0.15) is 5.75 Å². The highest BCUT2D eigenvalue weighted by Gasteiger charge is 2.26. The van der Waals surface area contributed by atoms with Crippen LogP contribution in [0.2, 0.25) is 0 Å². The molecule has 0 saturated heterocycles. The second-order valence-corrected chi connectivity index (χ2v) is 7.31. The Balaban J connectivity index is 2.87. The Bertz CT molecular complexity index is 397. The summed E-state index contributed by atoms with van der Waals surface area (Å²) >= 11 is 0. The predicted molar refractivity (Wildman–Crippen MR) is 89.8 cm³/mol. The zero-order chi connectivity index (χ0) is 16.0. The summed E-state index contributed by atoms with van der Waals surface area (Å²) in [4.78, 5) is 0. The summed E-state index contributed by atoms with van der Waals surface area (Å²) in [6.07, 6.45) is 1.89. The van der Waals surface area contributed by atoms with Crippen LogP contribution in [0.25, 0.3) is 0 Å². The Morgan fingerprint density at radius 1 is 1.05 bits per heavy atom. The summed E-state index contributed by atoms with van der Waals surface area (Å²) in [5.41, 5.74) is 1.67. The van der Waals surface area contributed by atoms with E-state index < -0.39 is 0 Å². The third kappa shape index (κ3) is 5.70. The molecule has 2 atom stereocenters. The summed E-state index contributed by atoms with van der Waals surface area (Å²) in [6, 6.07) is 8.54. The molecule has 0 heterocycles. The number of rotatable bonds is 7. The van der Waals surface area contributed by atoms with Gasteiger partial charge in [-0.15, -0.1) is 0 Å². The van der Waals surface area contributed by atoms with Crippen LogP contribution in [0.3, 0.4) is 0 Å². The van der Waals surface area contributed by atoms with Crippen molar-refractivity contribution in [2.75, 3.05) is 7.11 Å². The summed E-state index contributed by atoms with van der Waals surface area (Å²) < 4.78 is 11.1. The van der Waals surface area contributed by atoms with Gasteiger partial charge in [0.25, 0.3) is 0 Å². The zero-order valence-electron chi connectivity index (χ0n) is 14.8. The largest absolute Gasteiger partial charge is 0.465 e. The normalized spacial score (nSPS) is 15.0. The van der Waals surface area contributed by atoms with Crippen LogP contribution < -0.4 is 4.74 Å².